The quantitative estimate of drug-likeness (QED) is 0.272. The fraction of sp³-hybridized carbons (Fsp3) is 0.892. The Labute approximate surface area is 279 Å². The number of carbonyl (C=O) groups is 2. The molecule has 10 heteroatoms. The average molecular weight is 662 g/mol. The summed E-state index contributed by atoms with van der Waals surface area (Å²) in [4.78, 5) is 33.1. The predicted octanol–water partition coefficient (Wildman–Crippen LogP) is 4.08. The first-order valence-corrected chi connectivity index (χ1v) is 17.9. The number of fused-ring (bicyclic) bond motifs is 7. The highest BCUT2D eigenvalue weighted by molar-refractivity contribution is 5.95. The summed E-state index contributed by atoms with van der Waals surface area (Å²) in [5.74, 6) is -0.532. The topological polar surface area (TPSA) is 157 Å². The standard InChI is InChI=1S/C37H59NO9/c1-32(2)24-9-12-37(7)29(22(40)17-20-21-18-34(4,31(44)45)14-13-33(21,3)15-16-36(20,37)6)35(24,5)11-10-25(32)38(46-8)30-28(43)27(42)26(41)23(19-39)47-30/h17,21,23-30,39,41-43H,9-16,18-19H2,1-8H3,(H,44,45)/t21-,23+,24-,25-,26+,27-,28+,29+,30+,33+,34?,35-,36+,37+/m0/s1. The number of aliphatic carboxylic acids is 1. The molecule has 6 aliphatic rings. The molecule has 1 unspecified atom stereocenters. The summed E-state index contributed by atoms with van der Waals surface area (Å²) in [7, 11) is 1.51. The van der Waals surface area contributed by atoms with E-state index in [2.05, 4.69) is 41.5 Å². The number of hydrogen-bond acceptors (Lipinski definition) is 9. The van der Waals surface area contributed by atoms with Crippen molar-refractivity contribution in [2.75, 3.05) is 13.7 Å². The van der Waals surface area contributed by atoms with Crippen molar-refractivity contribution < 1.29 is 44.7 Å². The molecule has 0 aromatic heterocycles. The highest BCUT2D eigenvalue weighted by Gasteiger charge is 2.71. The number of carbonyl (C=O) groups excluding carboxylic acids is 1. The van der Waals surface area contributed by atoms with Crippen LogP contribution in [0.15, 0.2) is 11.6 Å². The van der Waals surface area contributed by atoms with Crippen molar-refractivity contribution in [3.8, 4) is 0 Å². The number of nitrogens with zero attached hydrogens (tertiary/aromatic N) is 1. The highest BCUT2D eigenvalue weighted by atomic mass is 16.7. The van der Waals surface area contributed by atoms with Gasteiger partial charge in [0.05, 0.1) is 19.1 Å². The first-order chi connectivity index (χ1) is 21.8. The van der Waals surface area contributed by atoms with E-state index in [-0.39, 0.29) is 51.2 Å². The summed E-state index contributed by atoms with van der Waals surface area (Å²) < 4.78 is 5.96. The second-order valence-corrected chi connectivity index (χ2v) is 18.2. The number of carboxylic acid groups (broad SMARTS) is 1. The number of hydrogen-bond donors (Lipinski definition) is 5. The fourth-order valence-corrected chi connectivity index (χ4v) is 12.5. The SMILES string of the molecule is CON([C@@H]1O[C@H](CO)[C@@H](O)[C@H](O)[C@H]1O)[C@H]1CC[C@]2(C)[C@H]3C(=O)C=C4[C@@H]5CC(C)(C(=O)O)CC[C@]5(C)CC[C@@]4(C)[C@]3(C)CC[C@H]2C1(C)C. The minimum absolute atomic E-state index is 0.00104. The van der Waals surface area contributed by atoms with Gasteiger partial charge in [0.15, 0.2) is 12.0 Å². The number of ether oxygens (including phenoxy) is 1. The van der Waals surface area contributed by atoms with E-state index in [1.54, 1.807) is 5.06 Å². The molecule has 5 aliphatic carbocycles. The zero-order chi connectivity index (χ0) is 34.7. The second kappa shape index (κ2) is 11.3. The minimum atomic E-state index is -1.51. The van der Waals surface area contributed by atoms with Gasteiger partial charge in [0, 0.05) is 12.0 Å². The van der Waals surface area contributed by atoms with Crippen LogP contribution < -0.4 is 0 Å². The summed E-state index contributed by atoms with van der Waals surface area (Å²) in [5, 5.41) is 53.6. The molecule has 0 aromatic carbocycles. The van der Waals surface area contributed by atoms with Crippen molar-refractivity contribution in [1.29, 1.82) is 0 Å². The monoisotopic (exact) mass is 661 g/mol. The molecule has 6 rings (SSSR count). The molecule has 5 N–H and O–H groups in total. The van der Waals surface area contributed by atoms with Crippen LogP contribution in [-0.2, 0) is 19.2 Å². The van der Waals surface area contributed by atoms with E-state index < -0.39 is 54.0 Å². The van der Waals surface area contributed by atoms with Crippen molar-refractivity contribution in [1.82, 2.24) is 5.06 Å². The first-order valence-electron chi connectivity index (χ1n) is 17.9. The zero-order valence-electron chi connectivity index (χ0n) is 29.7. The molecule has 1 aliphatic heterocycles. The van der Waals surface area contributed by atoms with Crippen LogP contribution in [0, 0.1) is 50.2 Å². The average Bonchev–Trinajstić information content (AvgIpc) is 3.00. The Bertz CT molecular complexity index is 1320. The number of rotatable bonds is 5. The summed E-state index contributed by atoms with van der Waals surface area (Å²) in [6, 6.07) is -0.233. The Kier molecular flexibility index (Phi) is 8.52. The minimum Gasteiger partial charge on any atom is -0.481 e. The molecular formula is C37H59NO9. The summed E-state index contributed by atoms with van der Waals surface area (Å²) in [6.45, 7) is 15.1. The number of carboxylic acids is 1. The van der Waals surface area contributed by atoms with Gasteiger partial charge in [-0.1, -0.05) is 47.1 Å². The van der Waals surface area contributed by atoms with Crippen molar-refractivity contribution in [3.05, 3.63) is 11.6 Å². The molecule has 47 heavy (non-hydrogen) atoms. The van der Waals surface area contributed by atoms with E-state index >= 15 is 0 Å². The normalized spacial score (nSPS) is 52.5. The van der Waals surface area contributed by atoms with Gasteiger partial charge in [0.25, 0.3) is 0 Å². The molecule has 266 valence electrons. The van der Waals surface area contributed by atoms with Crippen molar-refractivity contribution in [2.24, 2.45) is 50.2 Å². The molecule has 0 bridgehead atoms. The van der Waals surface area contributed by atoms with Crippen LogP contribution in [0.5, 0.6) is 0 Å². The van der Waals surface area contributed by atoms with Crippen LogP contribution >= 0.6 is 0 Å². The van der Waals surface area contributed by atoms with Gasteiger partial charge in [-0.2, -0.15) is 5.06 Å². The van der Waals surface area contributed by atoms with Crippen LogP contribution in [0.1, 0.15) is 106 Å². The molecular weight excluding hydrogens is 602 g/mol. The third-order valence-electron chi connectivity index (χ3n) is 15.7. The summed E-state index contributed by atoms with van der Waals surface area (Å²) in [5.41, 5.74) is -0.789. The van der Waals surface area contributed by atoms with Crippen LogP contribution in [0.25, 0.3) is 0 Å². The van der Waals surface area contributed by atoms with Crippen molar-refractivity contribution >= 4 is 11.8 Å². The molecule has 0 aromatic rings. The van der Waals surface area contributed by atoms with E-state index in [1.807, 2.05) is 13.0 Å². The molecule has 14 atom stereocenters. The van der Waals surface area contributed by atoms with Gasteiger partial charge < -0.3 is 30.3 Å². The summed E-state index contributed by atoms with van der Waals surface area (Å²) in [6.07, 6.45) is 2.77. The lowest BCUT2D eigenvalue weighted by Gasteiger charge is -2.71. The lowest BCUT2D eigenvalue weighted by atomic mass is 9.33. The number of aliphatic hydroxyl groups excluding tert-OH is 4. The lowest BCUT2D eigenvalue weighted by molar-refractivity contribution is -0.356. The van der Waals surface area contributed by atoms with E-state index in [0.717, 1.165) is 38.5 Å². The predicted molar refractivity (Wildman–Crippen MR) is 173 cm³/mol. The molecule has 1 heterocycles. The van der Waals surface area contributed by atoms with E-state index in [4.69, 9.17) is 9.57 Å². The van der Waals surface area contributed by atoms with Gasteiger partial charge in [-0.15, -0.1) is 0 Å². The largest absolute Gasteiger partial charge is 0.481 e. The second-order valence-electron chi connectivity index (χ2n) is 18.2. The highest BCUT2D eigenvalue weighted by Crippen LogP contribution is 2.75. The Balaban J connectivity index is 1.35. The van der Waals surface area contributed by atoms with E-state index in [1.165, 1.54) is 12.7 Å². The number of hydroxylamine groups is 2. The third-order valence-corrected chi connectivity index (χ3v) is 15.7. The van der Waals surface area contributed by atoms with Crippen molar-refractivity contribution in [3.63, 3.8) is 0 Å². The zero-order valence-corrected chi connectivity index (χ0v) is 29.7. The number of allylic oxidation sites excluding steroid dienone is 2. The summed E-state index contributed by atoms with van der Waals surface area (Å²) >= 11 is 0. The van der Waals surface area contributed by atoms with Gasteiger partial charge in [0.2, 0.25) is 0 Å². The van der Waals surface area contributed by atoms with Gasteiger partial charge in [-0.25, -0.2) is 0 Å². The maximum Gasteiger partial charge on any atom is 0.309 e. The molecule has 5 fully saturated rings. The van der Waals surface area contributed by atoms with Gasteiger partial charge in [0.1, 0.15) is 24.4 Å². The van der Waals surface area contributed by atoms with Crippen LogP contribution in [0.4, 0.5) is 0 Å². The Hall–Kier alpha value is -1.40. The maximum absolute atomic E-state index is 14.7. The van der Waals surface area contributed by atoms with Crippen LogP contribution in [-0.4, -0.2) is 92.8 Å². The van der Waals surface area contributed by atoms with Crippen LogP contribution in [0.2, 0.25) is 0 Å². The third kappa shape index (κ3) is 4.75. The Morgan fingerprint density at radius 1 is 0.936 bits per heavy atom. The Morgan fingerprint density at radius 2 is 1.60 bits per heavy atom. The molecule has 0 radical (unpaired) electrons. The van der Waals surface area contributed by atoms with Crippen LogP contribution in [0.3, 0.4) is 0 Å². The Morgan fingerprint density at radius 3 is 2.21 bits per heavy atom. The first kappa shape index (κ1) is 35.4. The van der Waals surface area contributed by atoms with E-state index in [0.29, 0.717) is 19.3 Å². The maximum atomic E-state index is 14.7. The van der Waals surface area contributed by atoms with Gasteiger partial charge in [-0.3, -0.25) is 14.4 Å². The molecule has 4 saturated carbocycles. The molecule has 0 spiro atoms. The van der Waals surface area contributed by atoms with Crippen molar-refractivity contribution in [2.45, 2.75) is 143 Å². The molecule has 10 nitrogen and oxygen atoms in total. The van der Waals surface area contributed by atoms with E-state index in [9.17, 15) is 35.1 Å². The smallest absolute Gasteiger partial charge is 0.309 e. The number of aliphatic hydroxyl groups is 4. The number of ketones is 1. The van der Waals surface area contributed by atoms with Gasteiger partial charge >= 0.3 is 5.97 Å². The lowest BCUT2D eigenvalue weighted by Crippen LogP contribution is -2.70. The van der Waals surface area contributed by atoms with Gasteiger partial charge in [-0.05, 0) is 110 Å². The fourth-order valence-electron chi connectivity index (χ4n) is 12.5. The molecule has 0 amide bonds. The molecule has 1 saturated heterocycles.